The van der Waals surface area contributed by atoms with Crippen molar-refractivity contribution in [3.05, 3.63) is 0 Å². The van der Waals surface area contributed by atoms with E-state index in [4.69, 9.17) is 14.8 Å². The number of hydrogen-bond donors (Lipinski definition) is 3. The van der Waals surface area contributed by atoms with E-state index in [0.717, 1.165) is 0 Å². The summed E-state index contributed by atoms with van der Waals surface area (Å²) in [4.78, 5) is 11.2. The van der Waals surface area contributed by atoms with Crippen LogP contribution in [0.3, 0.4) is 0 Å². The molecule has 0 bridgehead atoms. The Balaban J connectivity index is 2.24. The van der Waals surface area contributed by atoms with E-state index in [-0.39, 0.29) is 11.9 Å². The van der Waals surface area contributed by atoms with Crippen LogP contribution in [0.2, 0.25) is 5.82 Å². The van der Waals surface area contributed by atoms with Gasteiger partial charge in [-0.15, -0.1) is 0 Å². The molecule has 1 amide bonds. The average Bonchev–Trinajstić information content (AvgIpc) is 2.61. The minimum Gasteiger partial charge on any atom is -0.444 e. The molecule has 1 rings (SSSR count). The largest absolute Gasteiger partial charge is 0.456 e. The summed E-state index contributed by atoms with van der Waals surface area (Å²) in [5.41, 5.74) is -0.522. The predicted molar refractivity (Wildman–Crippen MR) is 51.7 cm³/mol. The van der Waals surface area contributed by atoms with Crippen molar-refractivity contribution in [2.45, 2.75) is 44.7 Å². The molecule has 0 aromatic heterocycles. The smallest absolute Gasteiger partial charge is 0.444 e. The highest BCUT2D eigenvalue weighted by Gasteiger charge is 2.46. The number of hydrogen-bond acceptors (Lipinski definition) is 4. The standard InChI is InChI=1S/C8H16BNO4/c1-8(2,3)14-7(11)10-6-4-5(6)9(12)13/h5-6,12-13H,4H2,1-3H3,(H,10,11)/t5-,6+/m0/s1. The van der Waals surface area contributed by atoms with Gasteiger partial charge in [0.05, 0.1) is 0 Å². The number of carbonyl (C=O) groups excluding carboxylic acids is 1. The van der Waals surface area contributed by atoms with Gasteiger partial charge in [-0.05, 0) is 27.2 Å². The number of amides is 1. The Labute approximate surface area is 83.6 Å². The zero-order chi connectivity index (χ0) is 10.9. The molecule has 0 unspecified atom stereocenters. The van der Waals surface area contributed by atoms with Gasteiger partial charge in [-0.3, -0.25) is 0 Å². The van der Waals surface area contributed by atoms with Crippen molar-refractivity contribution < 1.29 is 19.6 Å². The highest BCUT2D eigenvalue weighted by Crippen LogP contribution is 2.38. The van der Waals surface area contributed by atoms with Crippen LogP contribution in [0, 0.1) is 0 Å². The lowest BCUT2D eigenvalue weighted by molar-refractivity contribution is 0.0523. The molecule has 0 saturated heterocycles. The fourth-order valence-electron chi connectivity index (χ4n) is 1.17. The average molecular weight is 201 g/mol. The molecule has 1 aliphatic carbocycles. The van der Waals surface area contributed by atoms with Gasteiger partial charge in [-0.2, -0.15) is 0 Å². The van der Waals surface area contributed by atoms with Crippen LogP contribution in [0.4, 0.5) is 4.79 Å². The lowest BCUT2D eigenvalue weighted by Crippen LogP contribution is -2.35. The Hall–Kier alpha value is -0.745. The molecule has 0 heterocycles. The van der Waals surface area contributed by atoms with Crippen LogP contribution in [0.15, 0.2) is 0 Å². The molecular formula is C8H16BNO4. The van der Waals surface area contributed by atoms with Crippen LogP contribution in [0.25, 0.3) is 0 Å². The fourth-order valence-corrected chi connectivity index (χ4v) is 1.17. The van der Waals surface area contributed by atoms with Crippen molar-refractivity contribution in [3.8, 4) is 0 Å². The summed E-state index contributed by atoms with van der Waals surface area (Å²) in [5, 5.41) is 20.1. The van der Waals surface area contributed by atoms with Crippen molar-refractivity contribution >= 4 is 13.2 Å². The summed E-state index contributed by atoms with van der Waals surface area (Å²) in [6.07, 6.45) is 0.0855. The molecule has 5 nitrogen and oxygen atoms in total. The molecule has 80 valence electrons. The molecule has 2 atom stereocenters. The van der Waals surface area contributed by atoms with Crippen LogP contribution < -0.4 is 5.32 Å². The Morgan fingerprint density at radius 2 is 2.07 bits per heavy atom. The molecule has 3 N–H and O–H groups in total. The van der Waals surface area contributed by atoms with Crippen LogP contribution in [0.1, 0.15) is 27.2 Å². The topological polar surface area (TPSA) is 78.8 Å². The molecule has 1 fully saturated rings. The maximum absolute atomic E-state index is 11.2. The highest BCUT2D eigenvalue weighted by molar-refractivity contribution is 6.44. The summed E-state index contributed by atoms with van der Waals surface area (Å²) >= 11 is 0. The van der Waals surface area contributed by atoms with Crippen molar-refractivity contribution in [3.63, 3.8) is 0 Å². The number of ether oxygens (including phenoxy) is 1. The molecule has 0 spiro atoms. The van der Waals surface area contributed by atoms with E-state index < -0.39 is 18.8 Å². The number of nitrogens with one attached hydrogen (secondary N) is 1. The first kappa shape index (κ1) is 11.3. The van der Waals surface area contributed by atoms with Gasteiger partial charge in [0.15, 0.2) is 0 Å². The van der Waals surface area contributed by atoms with E-state index in [1.54, 1.807) is 20.8 Å². The fraction of sp³-hybridized carbons (Fsp3) is 0.875. The third kappa shape index (κ3) is 3.55. The molecule has 14 heavy (non-hydrogen) atoms. The first-order valence-electron chi connectivity index (χ1n) is 4.65. The van der Waals surface area contributed by atoms with Crippen molar-refractivity contribution in [1.82, 2.24) is 5.32 Å². The maximum Gasteiger partial charge on any atom is 0.456 e. The second kappa shape index (κ2) is 3.78. The van der Waals surface area contributed by atoms with Crippen LogP contribution in [-0.2, 0) is 4.74 Å². The lowest BCUT2D eigenvalue weighted by atomic mass is 9.83. The molecule has 0 aliphatic heterocycles. The van der Waals surface area contributed by atoms with Gasteiger partial charge >= 0.3 is 13.2 Å². The van der Waals surface area contributed by atoms with Crippen molar-refractivity contribution in [2.24, 2.45) is 0 Å². The van der Waals surface area contributed by atoms with Gasteiger partial charge < -0.3 is 20.1 Å². The van der Waals surface area contributed by atoms with Crippen LogP contribution in [0.5, 0.6) is 0 Å². The van der Waals surface area contributed by atoms with Gasteiger partial charge in [0.25, 0.3) is 0 Å². The SMILES string of the molecule is CC(C)(C)OC(=O)N[C@@H]1C[C@@H]1B(O)O. The van der Waals surface area contributed by atoms with Gasteiger partial charge in [-0.1, -0.05) is 0 Å². The molecule has 0 aromatic carbocycles. The van der Waals surface area contributed by atoms with Gasteiger partial charge in [-0.25, -0.2) is 4.79 Å². The maximum atomic E-state index is 11.2. The van der Waals surface area contributed by atoms with E-state index in [1.807, 2.05) is 0 Å². The first-order chi connectivity index (χ1) is 6.29. The quantitative estimate of drug-likeness (QED) is 0.554. The number of carbonyl (C=O) groups is 1. The highest BCUT2D eigenvalue weighted by atomic mass is 16.6. The van der Waals surface area contributed by atoms with Gasteiger partial charge in [0, 0.05) is 11.9 Å². The van der Waals surface area contributed by atoms with E-state index in [0.29, 0.717) is 6.42 Å². The minimum atomic E-state index is -1.35. The zero-order valence-corrected chi connectivity index (χ0v) is 8.65. The Bertz CT molecular complexity index is 226. The van der Waals surface area contributed by atoms with Crippen molar-refractivity contribution in [1.29, 1.82) is 0 Å². The third-order valence-corrected chi connectivity index (χ3v) is 1.92. The van der Waals surface area contributed by atoms with E-state index in [9.17, 15) is 4.79 Å². The van der Waals surface area contributed by atoms with Crippen LogP contribution in [-0.4, -0.2) is 34.9 Å². The summed E-state index contributed by atoms with van der Waals surface area (Å²) in [6, 6.07) is -0.162. The Morgan fingerprint density at radius 3 is 2.43 bits per heavy atom. The summed E-state index contributed by atoms with van der Waals surface area (Å²) in [6.45, 7) is 5.33. The molecule has 6 heteroatoms. The van der Waals surface area contributed by atoms with E-state index in [2.05, 4.69) is 5.32 Å². The van der Waals surface area contributed by atoms with E-state index in [1.165, 1.54) is 0 Å². The molecular weight excluding hydrogens is 185 g/mol. The summed E-state index contributed by atoms with van der Waals surface area (Å²) < 4.78 is 5.00. The Kier molecular flexibility index (Phi) is 3.06. The second-order valence-corrected chi connectivity index (χ2v) is 4.57. The van der Waals surface area contributed by atoms with Crippen molar-refractivity contribution in [2.75, 3.05) is 0 Å². The zero-order valence-electron chi connectivity index (χ0n) is 8.65. The second-order valence-electron chi connectivity index (χ2n) is 4.57. The molecule has 1 saturated carbocycles. The molecule has 1 aliphatic rings. The third-order valence-electron chi connectivity index (χ3n) is 1.92. The Morgan fingerprint density at radius 1 is 1.50 bits per heavy atom. The normalized spacial score (nSPS) is 25.5. The summed E-state index contributed by atoms with van der Waals surface area (Å²) in [5.74, 6) is -0.248. The predicted octanol–water partition coefficient (Wildman–Crippen LogP) is 0.126. The molecule has 0 radical (unpaired) electrons. The number of rotatable bonds is 2. The minimum absolute atomic E-state index is 0.162. The monoisotopic (exact) mass is 201 g/mol. The number of alkyl carbamates (subject to hydrolysis) is 1. The van der Waals surface area contributed by atoms with E-state index >= 15 is 0 Å². The summed E-state index contributed by atoms with van der Waals surface area (Å²) in [7, 11) is -1.35. The van der Waals surface area contributed by atoms with Gasteiger partial charge in [0.1, 0.15) is 5.60 Å². The first-order valence-corrected chi connectivity index (χ1v) is 4.65. The van der Waals surface area contributed by atoms with Crippen LogP contribution >= 0.6 is 0 Å². The molecule has 0 aromatic rings. The lowest BCUT2D eigenvalue weighted by Gasteiger charge is -2.19. The van der Waals surface area contributed by atoms with Gasteiger partial charge in [0.2, 0.25) is 0 Å².